The molecule has 2 rings (SSSR count). The van der Waals surface area contributed by atoms with Gasteiger partial charge in [0.25, 0.3) is 0 Å². The second-order valence-corrected chi connectivity index (χ2v) is 7.04. The largest absolute Gasteiger partial charge is 0.375 e. The van der Waals surface area contributed by atoms with Gasteiger partial charge < -0.3 is 10.3 Å². The van der Waals surface area contributed by atoms with E-state index in [4.69, 9.17) is 0 Å². The van der Waals surface area contributed by atoms with Gasteiger partial charge in [-0.2, -0.15) is 0 Å². The normalized spacial score (nSPS) is 13.3. The summed E-state index contributed by atoms with van der Waals surface area (Å²) in [6, 6.07) is 6.81. The van der Waals surface area contributed by atoms with Gasteiger partial charge in [0.2, 0.25) is 10.0 Å². The molecule has 1 heterocycles. The number of imidazole rings is 1. The molecule has 1 atom stereocenters. The standard InChI is InChI=1S/C14H20N4O2S/c1-4-13(14-15-9-10-16-14)17-11-5-7-12(8-6-11)21(19,20)18(2)3/h5-10,13,17H,4H2,1-3H3,(H,15,16). The summed E-state index contributed by atoms with van der Waals surface area (Å²) in [5.74, 6) is 0.863. The number of anilines is 1. The van der Waals surface area contributed by atoms with E-state index in [9.17, 15) is 8.42 Å². The van der Waals surface area contributed by atoms with E-state index in [-0.39, 0.29) is 10.9 Å². The average Bonchev–Trinajstić information content (AvgIpc) is 2.99. The van der Waals surface area contributed by atoms with Crippen molar-refractivity contribution in [3.63, 3.8) is 0 Å². The Bertz CT molecular complexity index is 664. The van der Waals surface area contributed by atoms with Crippen molar-refractivity contribution in [3.8, 4) is 0 Å². The van der Waals surface area contributed by atoms with Gasteiger partial charge in [-0.25, -0.2) is 17.7 Å². The molecular weight excluding hydrogens is 288 g/mol. The number of aromatic amines is 1. The zero-order valence-corrected chi connectivity index (χ0v) is 13.2. The summed E-state index contributed by atoms with van der Waals surface area (Å²) in [6.45, 7) is 2.06. The molecule has 2 aromatic rings. The number of nitrogens with zero attached hydrogens (tertiary/aromatic N) is 2. The molecule has 6 nitrogen and oxygen atoms in total. The minimum absolute atomic E-state index is 0.0660. The fraction of sp³-hybridized carbons (Fsp3) is 0.357. The number of rotatable bonds is 6. The molecule has 21 heavy (non-hydrogen) atoms. The lowest BCUT2D eigenvalue weighted by molar-refractivity contribution is 0.521. The number of hydrogen-bond acceptors (Lipinski definition) is 4. The third kappa shape index (κ3) is 3.43. The van der Waals surface area contributed by atoms with Crippen LogP contribution in [0, 0.1) is 0 Å². The van der Waals surface area contributed by atoms with Gasteiger partial charge in [0.1, 0.15) is 5.82 Å². The first-order chi connectivity index (χ1) is 9.95. The summed E-state index contributed by atoms with van der Waals surface area (Å²) in [4.78, 5) is 7.61. The maximum Gasteiger partial charge on any atom is 0.242 e. The van der Waals surface area contributed by atoms with E-state index in [1.54, 1.807) is 36.7 Å². The Kier molecular flexibility index (Phi) is 4.64. The van der Waals surface area contributed by atoms with E-state index in [2.05, 4.69) is 22.2 Å². The molecule has 7 heteroatoms. The summed E-state index contributed by atoms with van der Waals surface area (Å²) in [6.07, 6.45) is 4.37. The van der Waals surface area contributed by atoms with Crippen LogP contribution in [-0.2, 0) is 10.0 Å². The van der Waals surface area contributed by atoms with Crippen LogP contribution in [-0.4, -0.2) is 36.8 Å². The molecule has 114 valence electrons. The topological polar surface area (TPSA) is 78.1 Å². The minimum atomic E-state index is -3.38. The molecule has 0 aliphatic carbocycles. The summed E-state index contributed by atoms with van der Waals surface area (Å²) in [5, 5.41) is 3.34. The molecule has 0 aliphatic heterocycles. The third-order valence-electron chi connectivity index (χ3n) is 3.23. The minimum Gasteiger partial charge on any atom is -0.375 e. The Balaban J connectivity index is 2.16. The maximum absolute atomic E-state index is 12.0. The lowest BCUT2D eigenvalue weighted by atomic mass is 10.2. The van der Waals surface area contributed by atoms with Gasteiger partial charge in [-0.1, -0.05) is 6.92 Å². The molecule has 0 aliphatic rings. The van der Waals surface area contributed by atoms with Gasteiger partial charge in [0, 0.05) is 32.2 Å². The predicted octanol–water partition coefficient (Wildman–Crippen LogP) is 2.22. The van der Waals surface area contributed by atoms with Crippen molar-refractivity contribution >= 4 is 15.7 Å². The van der Waals surface area contributed by atoms with Gasteiger partial charge in [-0.05, 0) is 30.7 Å². The van der Waals surface area contributed by atoms with Crippen molar-refractivity contribution in [3.05, 3.63) is 42.5 Å². The monoisotopic (exact) mass is 308 g/mol. The first-order valence-corrected chi connectivity index (χ1v) is 8.17. The summed E-state index contributed by atoms with van der Waals surface area (Å²) < 4.78 is 25.2. The molecule has 2 N–H and O–H groups in total. The number of hydrogen-bond donors (Lipinski definition) is 2. The first-order valence-electron chi connectivity index (χ1n) is 6.73. The third-order valence-corrected chi connectivity index (χ3v) is 5.06. The van der Waals surface area contributed by atoms with E-state index in [1.165, 1.54) is 18.4 Å². The molecule has 0 fully saturated rings. The van der Waals surface area contributed by atoms with Crippen LogP contribution in [0.4, 0.5) is 5.69 Å². The van der Waals surface area contributed by atoms with Gasteiger partial charge in [0.15, 0.2) is 0 Å². The van der Waals surface area contributed by atoms with E-state index in [0.29, 0.717) is 0 Å². The second-order valence-electron chi connectivity index (χ2n) is 4.89. The SMILES string of the molecule is CCC(Nc1ccc(S(=O)(=O)N(C)C)cc1)c1ncc[nH]1. The Hall–Kier alpha value is -1.86. The molecule has 0 saturated carbocycles. The zero-order valence-electron chi connectivity index (χ0n) is 12.4. The highest BCUT2D eigenvalue weighted by molar-refractivity contribution is 7.89. The number of aromatic nitrogens is 2. The van der Waals surface area contributed by atoms with Crippen molar-refractivity contribution in [1.82, 2.24) is 14.3 Å². The van der Waals surface area contributed by atoms with Gasteiger partial charge in [-0.3, -0.25) is 0 Å². The van der Waals surface area contributed by atoms with Crippen LogP contribution in [0.1, 0.15) is 25.2 Å². The zero-order chi connectivity index (χ0) is 15.5. The number of benzene rings is 1. The molecule has 1 unspecified atom stereocenters. The Morgan fingerprint density at radius 3 is 2.43 bits per heavy atom. The number of nitrogens with one attached hydrogen (secondary N) is 2. The highest BCUT2D eigenvalue weighted by Gasteiger charge is 2.17. The predicted molar refractivity (Wildman–Crippen MR) is 82.6 cm³/mol. The Labute approximate surface area is 125 Å². The average molecular weight is 308 g/mol. The molecule has 0 amide bonds. The van der Waals surface area contributed by atoms with E-state index >= 15 is 0 Å². The fourth-order valence-electron chi connectivity index (χ4n) is 1.97. The lowest BCUT2D eigenvalue weighted by Gasteiger charge is -2.17. The molecular formula is C14H20N4O2S. The Morgan fingerprint density at radius 2 is 1.95 bits per heavy atom. The molecule has 1 aromatic heterocycles. The van der Waals surface area contributed by atoms with Crippen LogP contribution < -0.4 is 5.32 Å². The summed E-state index contributed by atoms with van der Waals surface area (Å²) in [7, 11) is -0.345. The van der Waals surface area contributed by atoms with Crippen molar-refractivity contribution in [2.45, 2.75) is 24.3 Å². The van der Waals surface area contributed by atoms with Crippen molar-refractivity contribution in [2.75, 3.05) is 19.4 Å². The molecule has 1 aromatic carbocycles. The van der Waals surface area contributed by atoms with Crippen LogP contribution in [0.5, 0.6) is 0 Å². The van der Waals surface area contributed by atoms with Crippen LogP contribution in [0.15, 0.2) is 41.6 Å². The first kappa shape index (κ1) is 15.5. The molecule has 0 saturated heterocycles. The number of sulfonamides is 1. The van der Waals surface area contributed by atoms with E-state index in [0.717, 1.165) is 17.9 Å². The number of H-pyrrole nitrogens is 1. The second kappa shape index (κ2) is 6.28. The summed E-state index contributed by atoms with van der Waals surface area (Å²) >= 11 is 0. The van der Waals surface area contributed by atoms with Crippen molar-refractivity contribution in [2.24, 2.45) is 0 Å². The van der Waals surface area contributed by atoms with Crippen LogP contribution in [0.2, 0.25) is 0 Å². The highest BCUT2D eigenvalue weighted by atomic mass is 32.2. The summed E-state index contributed by atoms with van der Waals surface area (Å²) in [5.41, 5.74) is 0.857. The van der Waals surface area contributed by atoms with Gasteiger partial charge in [0.05, 0.1) is 10.9 Å². The van der Waals surface area contributed by atoms with Crippen molar-refractivity contribution < 1.29 is 8.42 Å². The highest BCUT2D eigenvalue weighted by Crippen LogP contribution is 2.22. The Morgan fingerprint density at radius 1 is 1.29 bits per heavy atom. The molecule has 0 radical (unpaired) electrons. The smallest absolute Gasteiger partial charge is 0.242 e. The fourth-order valence-corrected chi connectivity index (χ4v) is 2.87. The quantitative estimate of drug-likeness (QED) is 0.858. The van der Waals surface area contributed by atoms with E-state index in [1.807, 2.05) is 0 Å². The van der Waals surface area contributed by atoms with Crippen LogP contribution in [0.25, 0.3) is 0 Å². The maximum atomic E-state index is 12.0. The van der Waals surface area contributed by atoms with Gasteiger partial charge in [-0.15, -0.1) is 0 Å². The van der Waals surface area contributed by atoms with E-state index < -0.39 is 10.0 Å². The van der Waals surface area contributed by atoms with Crippen LogP contribution >= 0.6 is 0 Å². The van der Waals surface area contributed by atoms with Gasteiger partial charge >= 0.3 is 0 Å². The van der Waals surface area contributed by atoms with Crippen molar-refractivity contribution in [1.29, 1.82) is 0 Å². The molecule has 0 bridgehead atoms. The van der Waals surface area contributed by atoms with Crippen LogP contribution in [0.3, 0.4) is 0 Å². The lowest BCUT2D eigenvalue weighted by Crippen LogP contribution is -2.22. The molecule has 0 spiro atoms.